The van der Waals surface area contributed by atoms with Crippen molar-refractivity contribution in [2.24, 2.45) is 5.73 Å². The van der Waals surface area contributed by atoms with Crippen LogP contribution in [0.1, 0.15) is 20.3 Å². The molecular formula is C5H13NS. The zero-order valence-corrected chi connectivity index (χ0v) is 5.83. The molecule has 0 saturated carbocycles. The quantitative estimate of drug-likeness (QED) is 0.522. The van der Waals surface area contributed by atoms with Gasteiger partial charge >= 0.3 is 0 Å². The molecule has 1 nitrogen and oxygen atoms in total. The van der Waals surface area contributed by atoms with Gasteiger partial charge in [0, 0.05) is 4.75 Å². The molecule has 0 saturated heterocycles. The predicted octanol–water partition coefficient (Wildman–Crippen LogP) is 1.04. The average molecular weight is 119 g/mol. The average Bonchev–Trinajstić information content (AvgIpc) is 1.30. The molecule has 0 rings (SSSR count). The number of rotatable bonds is 2. The van der Waals surface area contributed by atoms with E-state index in [0.717, 1.165) is 13.0 Å². The molecule has 0 fully saturated rings. The van der Waals surface area contributed by atoms with Crippen molar-refractivity contribution in [1.29, 1.82) is 0 Å². The molecule has 0 heterocycles. The SMILES string of the molecule is CC(C)(S)CCN. The summed E-state index contributed by atoms with van der Waals surface area (Å²) in [7, 11) is 0. The summed E-state index contributed by atoms with van der Waals surface area (Å²) >= 11 is 4.25. The highest BCUT2D eigenvalue weighted by atomic mass is 32.1. The van der Waals surface area contributed by atoms with E-state index in [1.54, 1.807) is 0 Å². The van der Waals surface area contributed by atoms with Crippen LogP contribution in [-0.2, 0) is 0 Å². The van der Waals surface area contributed by atoms with Gasteiger partial charge in [0.05, 0.1) is 0 Å². The van der Waals surface area contributed by atoms with Crippen LogP contribution in [0, 0.1) is 0 Å². The number of hydrogen-bond donors (Lipinski definition) is 2. The van der Waals surface area contributed by atoms with E-state index in [0.29, 0.717) is 0 Å². The van der Waals surface area contributed by atoms with Gasteiger partial charge in [-0.2, -0.15) is 12.6 Å². The van der Waals surface area contributed by atoms with Gasteiger partial charge in [0.2, 0.25) is 0 Å². The Morgan fingerprint density at radius 3 is 2.00 bits per heavy atom. The molecule has 0 aromatic rings. The van der Waals surface area contributed by atoms with Gasteiger partial charge in [0.1, 0.15) is 0 Å². The van der Waals surface area contributed by atoms with Crippen LogP contribution in [0.3, 0.4) is 0 Å². The number of hydrogen-bond acceptors (Lipinski definition) is 2. The minimum Gasteiger partial charge on any atom is -0.330 e. The summed E-state index contributed by atoms with van der Waals surface area (Å²) in [5.74, 6) is 0. The van der Waals surface area contributed by atoms with E-state index in [9.17, 15) is 0 Å². The third-order valence-corrected chi connectivity index (χ3v) is 0.980. The molecule has 0 aliphatic carbocycles. The van der Waals surface area contributed by atoms with E-state index in [2.05, 4.69) is 26.5 Å². The van der Waals surface area contributed by atoms with E-state index in [1.807, 2.05) is 0 Å². The van der Waals surface area contributed by atoms with Crippen molar-refractivity contribution in [1.82, 2.24) is 0 Å². The van der Waals surface area contributed by atoms with E-state index >= 15 is 0 Å². The van der Waals surface area contributed by atoms with Gasteiger partial charge in [-0.3, -0.25) is 0 Å². The Bertz CT molecular complexity index is 46.5. The van der Waals surface area contributed by atoms with Crippen LogP contribution in [-0.4, -0.2) is 11.3 Å². The van der Waals surface area contributed by atoms with Crippen LogP contribution < -0.4 is 5.73 Å². The van der Waals surface area contributed by atoms with Crippen molar-refractivity contribution in [2.75, 3.05) is 6.54 Å². The highest BCUT2D eigenvalue weighted by molar-refractivity contribution is 7.81. The van der Waals surface area contributed by atoms with Gasteiger partial charge in [-0.1, -0.05) is 13.8 Å². The van der Waals surface area contributed by atoms with Crippen LogP contribution in [0.4, 0.5) is 0 Å². The first kappa shape index (κ1) is 7.31. The van der Waals surface area contributed by atoms with Crippen molar-refractivity contribution in [3.8, 4) is 0 Å². The highest BCUT2D eigenvalue weighted by Crippen LogP contribution is 2.14. The normalized spacial score (nSPS) is 12.0. The largest absolute Gasteiger partial charge is 0.330 e. The van der Waals surface area contributed by atoms with Gasteiger partial charge in [-0.05, 0) is 13.0 Å². The summed E-state index contributed by atoms with van der Waals surface area (Å²) in [5.41, 5.74) is 5.27. The summed E-state index contributed by atoms with van der Waals surface area (Å²) in [6, 6.07) is 0. The molecule has 0 radical (unpaired) electrons. The van der Waals surface area contributed by atoms with Crippen molar-refractivity contribution in [3.05, 3.63) is 0 Å². The van der Waals surface area contributed by atoms with Gasteiger partial charge in [-0.25, -0.2) is 0 Å². The summed E-state index contributed by atoms with van der Waals surface area (Å²) in [4.78, 5) is 0. The van der Waals surface area contributed by atoms with Crippen LogP contribution in [0.15, 0.2) is 0 Å². The third-order valence-electron chi connectivity index (χ3n) is 0.756. The Balaban J connectivity index is 3.15. The lowest BCUT2D eigenvalue weighted by atomic mass is 10.1. The molecule has 0 bridgehead atoms. The monoisotopic (exact) mass is 119 g/mol. The maximum Gasteiger partial charge on any atom is 0.00851 e. The zero-order chi connectivity index (χ0) is 5.91. The van der Waals surface area contributed by atoms with Crippen LogP contribution in [0.2, 0.25) is 0 Å². The molecule has 0 unspecified atom stereocenters. The molecule has 0 amide bonds. The fraction of sp³-hybridized carbons (Fsp3) is 1.00. The molecule has 7 heavy (non-hydrogen) atoms. The van der Waals surface area contributed by atoms with Gasteiger partial charge in [0.25, 0.3) is 0 Å². The molecule has 0 aliphatic rings. The fourth-order valence-corrected chi connectivity index (χ4v) is 0.482. The summed E-state index contributed by atoms with van der Waals surface area (Å²) in [6.45, 7) is 4.85. The van der Waals surface area contributed by atoms with Crippen molar-refractivity contribution in [3.63, 3.8) is 0 Å². The van der Waals surface area contributed by atoms with Gasteiger partial charge in [-0.15, -0.1) is 0 Å². The highest BCUT2D eigenvalue weighted by Gasteiger charge is 2.07. The van der Waals surface area contributed by atoms with E-state index in [-0.39, 0.29) is 4.75 Å². The molecular weight excluding hydrogens is 106 g/mol. The van der Waals surface area contributed by atoms with Crippen molar-refractivity contribution >= 4 is 12.6 Å². The zero-order valence-electron chi connectivity index (χ0n) is 4.94. The lowest BCUT2D eigenvalue weighted by Gasteiger charge is -2.14. The molecule has 2 N–H and O–H groups in total. The first-order valence-electron chi connectivity index (χ1n) is 2.49. The lowest BCUT2D eigenvalue weighted by Crippen LogP contribution is -2.16. The summed E-state index contributed by atoms with van der Waals surface area (Å²) in [6.07, 6.45) is 0.982. The molecule has 0 spiro atoms. The fourth-order valence-electron chi connectivity index (χ4n) is 0.353. The van der Waals surface area contributed by atoms with E-state index in [1.165, 1.54) is 0 Å². The van der Waals surface area contributed by atoms with Crippen molar-refractivity contribution in [2.45, 2.75) is 25.0 Å². The van der Waals surface area contributed by atoms with Crippen LogP contribution in [0.25, 0.3) is 0 Å². The predicted molar refractivity (Wildman–Crippen MR) is 36.7 cm³/mol. The van der Waals surface area contributed by atoms with Gasteiger partial charge in [0.15, 0.2) is 0 Å². The first-order chi connectivity index (χ1) is 3.06. The second-order valence-electron chi connectivity index (χ2n) is 2.35. The maximum atomic E-state index is 5.27. The van der Waals surface area contributed by atoms with E-state index < -0.39 is 0 Å². The third kappa shape index (κ3) is 6.31. The second kappa shape index (κ2) is 2.58. The number of nitrogens with two attached hydrogens (primary N) is 1. The van der Waals surface area contributed by atoms with Crippen LogP contribution in [0.5, 0.6) is 0 Å². The Morgan fingerprint density at radius 2 is 2.00 bits per heavy atom. The topological polar surface area (TPSA) is 26.0 Å². The number of thiol groups is 1. The summed E-state index contributed by atoms with van der Waals surface area (Å²) < 4.78 is 0.120. The summed E-state index contributed by atoms with van der Waals surface area (Å²) in [5, 5.41) is 0. The molecule has 0 aromatic heterocycles. The van der Waals surface area contributed by atoms with Crippen LogP contribution >= 0.6 is 12.6 Å². The Hall–Kier alpha value is 0.310. The Labute approximate surface area is 50.7 Å². The minimum absolute atomic E-state index is 0.120. The van der Waals surface area contributed by atoms with Crippen molar-refractivity contribution < 1.29 is 0 Å². The Kier molecular flexibility index (Phi) is 2.69. The standard InChI is InChI=1S/C5H13NS/c1-5(2,7)3-4-6/h7H,3-4,6H2,1-2H3. The van der Waals surface area contributed by atoms with E-state index in [4.69, 9.17) is 5.73 Å². The molecule has 2 heteroatoms. The lowest BCUT2D eigenvalue weighted by molar-refractivity contribution is 0.655. The second-order valence-corrected chi connectivity index (χ2v) is 3.56. The Morgan fingerprint density at radius 1 is 1.57 bits per heavy atom. The molecule has 0 atom stereocenters. The smallest absolute Gasteiger partial charge is 0.00851 e. The van der Waals surface area contributed by atoms with Gasteiger partial charge < -0.3 is 5.73 Å². The first-order valence-corrected chi connectivity index (χ1v) is 2.93. The molecule has 0 aromatic carbocycles. The molecule has 44 valence electrons. The minimum atomic E-state index is 0.120. The maximum absolute atomic E-state index is 5.27. The molecule has 0 aliphatic heterocycles.